The van der Waals surface area contributed by atoms with E-state index in [9.17, 15) is 13.2 Å². The van der Waals surface area contributed by atoms with E-state index in [0.717, 1.165) is 31.4 Å². The summed E-state index contributed by atoms with van der Waals surface area (Å²) >= 11 is 0. The molecule has 1 fully saturated rings. The molecule has 1 aromatic heterocycles. The number of pyridine rings is 1. The lowest BCUT2D eigenvalue weighted by Crippen LogP contribution is -2.44. The molecule has 0 spiro atoms. The van der Waals surface area contributed by atoms with Crippen molar-refractivity contribution in [3.8, 4) is 0 Å². The van der Waals surface area contributed by atoms with Crippen LogP contribution in [0.2, 0.25) is 0 Å². The Kier molecular flexibility index (Phi) is 7.10. The number of hydrogen-bond acceptors (Lipinski definition) is 5. The molecule has 0 radical (unpaired) electrons. The highest BCUT2D eigenvalue weighted by Gasteiger charge is 2.32. The molecular formula is C21H25ClN4O3S. The molecule has 2 aliphatic rings. The number of halogens is 1. The molecule has 1 atom stereocenters. The van der Waals surface area contributed by atoms with E-state index >= 15 is 0 Å². The average molecular weight is 449 g/mol. The fraction of sp³-hybridized carbons (Fsp3) is 0.381. The number of hydrogen-bond donors (Lipinski definition) is 1. The van der Waals surface area contributed by atoms with Gasteiger partial charge in [0.2, 0.25) is 5.91 Å². The molecule has 4 rings (SSSR count). The van der Waals surface area contributed by atoms with Gasteiger partial charge in [-0.3, -0.25) is 9.78 Å². The fourth-order valence-corrected chi connectivity index (χ4v) is 5.06. The number of nitrogens with one attached hydrogen (secondary N) is 1. The van der Waals surface area contributed by atoms with Crippen molar-refractivity contribution in [1.82, 2.24) is 9.88 Å². The third kappa shape index (κ3) is 4.99. The van der Waals surface area contributed by atoms with Crippen LogP contribution >= 0.6 is 12.4 Å². The molecule has 1 N–H and O–H groups in total. The van der Waals surface area contributed by atoms with Crippen LogP contribution in [0.5, 0.6) is 0 Å². The number of amides is 1. The molecule has 0 aliphatic carbocycles. The number of carbonyl (C=O) groups excluding carboxylic acids is 1. The Hall–Kier alpha value is -2.45. The van der Waals surface area contributed by atoms with Crippen molar-refractivity contribution in [2.45, 2.75) is 37.0 Å². The van der Waals surface area contributed by atoms with E-state index in [0.29, 0.717) is 31.0 Å². The third-order valence-electron chi connectivity index (χ3n) is 5.36. The smallest absolute Gasteiger partial charge is 0.286 e. The second kappa shape index (κ2) is 9.57. The first-order valence-corrected chi connectivity index (χ1v) is 11.4. The van der Waals surface area contributed by atoms with Crippen molar-refractivity contribution in [2.24, 2.45) is 10.3 Å². The van der Waals surface area contributed by atoms with Gasteiger partial charge in [0.15, 0.2) is 0 Å². The van der Waals surface area contributed by atoms with Crippen LogP contribution in [0.3, 0.4) is 0 Å². The average Bonchev–Trinajstić information content (AvgIpc) is 2.74. The first kappa shape index (κ1) is 22.2. The number of likely N-dealkylation sites (tertiary alicyclic amines) is 1. The third-order valence-corrected chi connectivity index (χ3v) is 6.71. The van der Waals surface area contributed by atoms with Crippen molar-refractivity contribution >= 4 is 39.9 Å². The van der Waals surface area contributed by atoms with Crippen LogP contribution in [0.1, 0.15) is 31.4 Å². The number of nitrogens with zero attached hydrogens (tertiary/aromatic N) is 3. The molecule has 2 aromatic rings. The lowest BCUT2D eigenvalue weighted by molar-refractivity contribution is -0.132. The molecule has 160 valence electrons. The highest BCUT2D eigenvalue weighted by Crippen LogP contribution is 2.30. The summed E-state index contributed by atoms with van der Waals surface area (Å²) in [5.41, 5.74) is 1.54. The van der Waals surface area contributed by atoms with Gasteiger partial charge in [0.05, 0.1) is 5.69 Å². The van der Waals surface area contributed by atoms with E-state index in [1.54, 1.807) is 30.5 Å². The Labute approximate surface area is 183 Å². The summed E-state index contributed by atoms with van der Waals surface area (Å²) < 4.78 is 29.0. The molecule has 2 aliphatic heterocycles. The van der Waals surface area contributed by atoms with E-state index in [-0.39, 0.29) is 29.1 Å². The number of anilines is 1. The molecule has 1 aromatic carbocycles. The zero-order valence-electron chi connectivity index (χ0n) is 16.5. The Morgan fingerprint density at radius 2 is 1.97 bits per heavy atom. The number of fused-ring (bicyclic) bond motifs is 1. The van der Waals surface area contributed by atoms with Gasteiger partial charge >= 0.3 is 0 Å². The number of piperidine rings is 1. The van der Waals surface area contributed by atoms with Crippen molar-refractivity contribution in [3.63, 3.8) is 0 Å². The number of carbonyl (C=O) groups is 1. The lowest BCUT2D eigenvalue weighted by Gasteiger charge is -2.34. The maximum absolute atomic E-state index is 12.7. The van der Waals surface area contributed by atoms with E-state index < -0.39 is 10.0 Å². The summed E-state index contributed by atoms with van der Waals surface area (Å²) in [6.07, 6.45) is 5.38. The summed E-state index contributed by atoms with van der Waals surface area (Å²) in [5, 5.41) is 3.17. The largest absolute Gasteiger partial charge is 0.342 e. The van der Waals surface area contributed by atoms with E-state index in [4.69, 9.17) is 0 Å². The summed E-state index contributed by atoms with van der Waals surface area (Å²) in [4.78, 5) is 19.0. The lowest BCUT2D eigenvalue weighted by atomic mass is 9.96. The first-order chi connectivity index (χ1) is 14.0. The van der Waals surface area contributed by atoms with Crippen LogP contribution in [0.15, 0.2) is 58.0 Å². The van der Waals surface area contributed by atoms with Crippen molar-refractivity contribution in [1.29, 1.82) is 0 Å². The van der Waals surface area contributed by atoms with E-state index in [2.05, 4.69) is 14.7 Å². The molecule has 7 nitrogen and oxygen atoms in total. The minimum absolute atomic E-state index is 0. The number of aryl methyl sites for hydroxylation is 1. The second-order valence-electron chi connectivity index (χ2n) is 7.43. The number of rotatable bonds is 5. The van der Waals surface area contributed by atoms with Gasteiger partial charge in [-0.15, -0.1) is 16.8 Å². The quantitative estimate of drug-likeness (QED) is 0.757. The molecule has 3 heterocycles. The number of aromatic nitrogens is 1. The molecule has 30 heavy (non-hydrogen) atoms. The Morgan fingerprint density at radius 1 is 1.17 bits per heavy atom. The molecule has 0 bridgehead atoms. The molecule has 0 saturated carbocycles. The van der Waals surface area contributed by atoms with Crippen LogP contribution in [0.25, 0.3) is 0 Å². The Balaban J connectivity index is 0.00000256. The Morgan fingerprint density at radius 3 is 2.77 bits per heavy atom. The monoisotopic (exact) mass is 448 g/mol. The highest BCUT2D eigenvalue weighted by atomic mass is 35.5. The van der Waals surface area contributed by atoms with Gasteiger partial charge in [0.1, 0.15) is 10.7 Å². The van der Waals surface area contributed by atoms with Gasteiger partial charge in [-0.2, -0.15) is 8.42 Å². The summed E-state index contributed by atoms with van der Waals surface area (Å²) in [7, 11) is -3.71. The van der Waals surface area contributed by atoms with E-state index in [1.165, 1.54) is 0 Å². The van der Waals surface area contributed by atoms with Gasteiger partial charge in [-0.1, -0.05) is 18.2 Å². The molecule has 1 unspecified atom stereocenters. The topological polar surface area (TPSA) is 91.7 Å². The van der Waals surface area contributed by atoms with Gasteiger partial charge in [-0.25, -0.2) is 0 Å². The minimum atomic E-state index is -3.71. The maximum Gasteiger partial charge on any atom is 0.286 e. The predicted octanol–water partition coefficient (Wildman–Crippen LogP) is 3.28. The highest BCUT2D eigenvalue weighted by molar-refractivity contribution is 7.90. The van der Waals surface area contributed by atoms with Crippen LogP contribution in [-0.2, 0) is 21.2 Å². The van der Waals surface area contributed by atoms with Crippen molar-refractivity contribution < 1.29 is 13.2 Å². The van der Waals surface area contributed by atoms with Crippen LogP contribution in [0.4, 0.5) is 5.69 Å². The van der Waals surface area contributed by atoms with E-state index in [1.807, 2.05) is 23.1 Å². The zero-order valence-corrected chi connectivity index (χ0v) is 18.2. The summed E-state index contributed by atoms with van der Waals surface area (Å²) in [6, 6.07) is 12.6. The SMILES string of the molecule is Cl.O=C(CCCc1ccccn1)N1CCCC(C2=NS(=O)(=O)c3ccccc3N2)C1. The molecular weight excluding hydrogens is 424 g/mol. The van der Waals surface area contributed by atoms with Crippen LogP contribution < -0.4 is 5.32 Å². The normalized spacial score (nSPS) is 19.7. The molecule has 1 saturated heterocycles. The van der Waals surface area contributed by atoms with Gasteiger partial charge in [0.25, 0.3) is 10.0 Å². The predicted molar refractivity (Wildman–Crippen MR) is 118 cm³/mol. The summed E-state index contributed by atoms with van der Waals surface area (Å²) in [6.45, 7) is 1.20. The number of sulfonamides is 1. The second-order valence-corrected chi connectivity index (χ2v) is 9.00. The van der Waals surface area contributed by atoms with Gasteiger partial charge in [0, 0.05) is 37.3 Å². The summed E-state index contributed by atoms with van der Waals surface area (Å²) in [5.74, 6) is 0.437. The number of para-hydroxylation sites is 1. The van der Waals surface area contributed by atoms with Crippen molar-refractivity contribution in [3.05, 3.63) is 54.4 Å². The number of amidine groups is 1. The molecule has 9 heteroatoms. The zero-order chi connectivity index (χ0) is 20.3. The minimum Gasteiger partial charge on any atom is -0.342 e. The number of benzene rings is 1. The molecule has 1 amide bonds. The standard InChI is InChI=1S/C21H24N4O3S.ClH/c26-20(12-5-9-17-8-3-4-13-22-17)25-14-6-7-16(15-25)21-23-18-10-1-2-11-19(18)29(27,28)24-21;/h1-4,8,10-11,13,16H,5-7,9,12,14-15H2,(H,23,24);1H. The Bertz CT molecular complexity index is 1030. The van der Waals surface area contributed by atoms with Gasteiger partial charge < -0.3 is 10.2 Å². The fourth-order valence-electron chi connectivity index (χ4n) is 3.86. The van der Waals surface area contributed by atoms with Gasteiger partial charge in [-0.05, 0) is 49.9 Å². The van der Waals surface area contributed by atoms with Crippen LogP contribution in [0, 0.1) is 5.92 Å². The van der Waals surface area contributed by atoms with Crippen molar-refractivity contribution in [2.75, 3.05) is 18.4 Å². The van der Waals surface area contributed by atoms with Crippen LogP contribution in [-0.4, -0.2) is 43.1 Å². The first-order valence-electron chi connectivity index (χ1n) is 9.91. The maximum atomic E-state index is 12.7.